The third-order valence-electron chi connectivity index (χ3n) is 2.96. The molecule has 1 unspecified atom stereocenters. The second-order valence-corrected chi connectivity index (χ2v) is 4.33. The van der Waals surface area contributed by atoms with Gasteiger partial charge in [0.25, 0.3) is 0 Å². The molecule has 1 aromatic carbocycles. The van der Waals surface area contributed by atoms with Gasteiger partial charge in [-0.05, 0) is 25.3 Å². The predicted molar refractivity (Wildman–Crippen MR) is 64.8 cm³/mol. The molecule has 0 amide bonds. The van der Waals surface area contributed by atoms with E-state index >= 15 is 0 Å². The fourth-order valence-electron chi connectivity index (χ4n) is 1.71. The van der Waals surface area contributed by atoms with Crippen LogP contribution in [0.2, 0.25) is 0 Å². The SMILES string of the molecule is CCCC(C)(CC)OCc1ccccc1. The second kappa shape index (κ2) is 5.92. The van der Waals surface area contributed by atoms with Crippen molar-refractivity contribution < 1.29 is 4.74 Å². The maximum Gasteiger partial charge on any atom is 0.0724 e. The van der Waals surface area contributed by atoms with Crippen molar-refractivity contribution in [2.45, 2.75) is 52.2 Å². The summed E-state index contributed by atoms with van der Waals surface area (Å²) in [5, 5.41) is 0. The van der Waals surface area contributed by atoms with Crippen LogP contribution in [0, 0.1) is 0 Å². The van der Waals surface area contributed by atoms with Gasteiger partial charge < -0.3 is 4.74 Å². The van der Waals surface area contributed by atoms with Gasteiger partial charge in [0.15, 0.2) is 0 Å². The molecule has 0 spiro atoms. The van der Waals surface area contributed by atoms with Crippen LogP contribution < -0.4 is 0 Å². The molecule has 0 saturated heterocycles. The van der Waals surface area contributed by atoms with Crippen molar-refractivity contribution in [3.05, 3.63) is 35.9 Å². The van der Waals surface area contributed by atoms with Crippen molar-refractivity contribution in [1.29, 1.82) is 0 Å². The van der Waals surface area contributed by atoms with Crippen LogP contribution in [0.3, 0.4) is 0 Å². The lowest BCUT2D eigenvalue weighted by Crippen LogP contribution is -2.27. The van der Waals surface area contributed by atoms with Crippen LogP contribution in [0.1, 0.15) is 45.6 Å². The molecule has 0 aliphatic heterocycles. The molecule has 1 rings (SSSR count). The Bertz CT molecular complexity index is 268. The molecule has 0 aliphatic carbocycles. The molecule has 0 aromatic heterocycles. The molecule has 1 heteroatoms. The lowest BCUT2D eigenvalue weighted by Gasteiger charge is -2.28. The molecule has 84 valence electrons. The van der Waals surface area contributed by atoms with Crippen molar-refractivity contribution in [2.24, 2.45) is 0 Å². The normalized spacial score (nSPS) is 14.9. The fourth-order valence-corrected chi connectivity index (χ4v) is 1.71. The first kappa shape index (κ1) is 12.3. The molecule has 0 N–H and O–H groups in total. The largest absolute Gasteiger partial charge is 0.371 e. The summed E-state index contributed by atoms with van der Waals surface area (Å²) in [6.07, 6.45) is 3.39. The highest BCUT2D eigenvalue weighted by molar-refractivity contribution is 5.13. The molecule has 0 fully saturated rings. The van der Waals surface area contributed by atoms with Gasteiger partial charge in [-0.15, -0.1) is 0 Å². The average Bonchev–Trinajstić information content (AvgIpc) is 2.28. The van der Waals surface area contributed by atoms with E-state index in [0.717, 1.165) is 19.4 Å². The van der Waals surface area contributed by atoms with E-state index in [1.807, 2.05) is 6.07 Å². The number of rotatable bonds is 6. The third kappa shape index (κ3) is 4.05. The quantitative estimate of drug-likeness (QED) is 0.678. The smallest absolute Gasteiger partial charge is 0.0724 e. The zero-order chi connectivity index (χ0) is 11.1. The Morgan fingerprint density at radius 2 is 1.80 bits per heavy atom. The third-order valence-corrected chi connectivity index (χ3v) is 2.96. The molecular weight excluding hydrogens is 184 g/mol. The highest BCUT2D eigenvalue weighted by Crippen LogP contribution is 2.23. The zero-order valence-corrected chi connectivity index (χ0v) is 10.1. The molecule has 0 saturated carbocycles. The van der Waals surface area contributed by atoms with Gasteiger partial charge in [-0.1, -0.05) is 50.6 Å². The van der Waals surface area contributed by atoms with Crippen LogP contribution in [0.15, 0.2) is 30.3 Å². The minimum Gasteiger partial charge on any atom is -0.371 e. The zero-order valence-electron chi connectivity index (χ0n) is 10.1. The molecule has 15 heavy (non-hydrogen) atoms. The first-order valence-corrected chi connectivity index (χ1v) is 5.88. The van der Waals surface area contributed by atoms with Gasteiger partial charge in [0.05, 0.1) is 12.2 Å². The van der Waals surface area contributed by atoms with Crippen LogP contribution in [0.25, 0.3) is 0 Å². The standard InChI is InChI=1S/C14H22O/c1-4-11-14(3,5-2)15-12-13-9-7-6-8-10-13/h6-10H,4-5,11-12H2,1-3H3. The lowest BCUT2D eigenvalue weighted by atomic mass is 9.97. The van der Waals surface area contributed by atoms with Crippen molar-refractivity contribution in [2.75, 3.05) is 0 Å². The summed E-state index contributed by atoms with van der Waals surface area (Å²) in [6.45, 7) is 7.34. The number of hydrogen-bond acceptors (Lipinski definition) is 1. The van der Waals surface area contributed by atoms with E-state index in [0.29, 0.717) is 0 Å². The minimum atomic E-state index is 0.0462. The Morgan fingerprint density at radius 1 is 1.13 bits per heavy atom. The fraction of sp³-hybridized carbons (Fsp3) is 0.571. The van der Waals surface area contributed by atoms with Crippen LogP contribution in [0.5, 0.6) is 0 Å². The van der Waals surface area contributed by atoms with E-state index in [-0.39, 0.29) is 5.60 Å². The van der Waals surface area contributed by atoms with Crippen LogP contribution in [-0.4, -0.2) is 5.60 Å². The van der Waals surface area contributed by atoms with Gasteiger partial charge >= 0.3 is 0 Å². The van der Waals surface area contributed by atoms with Crippen molar-refractivity contribution in [3.63, 3.8) is 0 Å². The van der Waals surface area contributed by atoms with Gasteiger partial charge in [0.1, 0.15) is 0 Å². The summed E-state index contributed by atoms with van der Waals surface area (Å²) in [7, 11) is 0. The number of hydrogen-bond donors (Lipinski definition) is 0. The van der Waals surface area contributed by atoms with Gasteiger partial charge in [-0.25, -0.2) is 0 Å². The number of ether oxygens (including phenoxy) is 1. The van der Waals surface area contributed by atoms with Crippen LogP contribution in [-0.2, 0) is 11.3 Å². The van der Waals surface area contributed by atoms with Gasteiger partial charge in [0.2, 0.25) is 0 Å². The molecule has 0 radical (unpaired) electrons. The van der Waals surface area contributed by atoms with Crippen molar-refractivity contribution >= 4 is 0 Å². The van der Waals surface area contributed by atoms with Crippen molar-refractivity contribution in [1.82, 2.24) is 0 Å². The van der Waals surface area contributed by atoms with Gasteiger partial charge in [-0.3, -0.25) is 0 Å². The molecule has 0 heterocycles. The summed E-state index contributed by atoms with van der Waals surface area (Å²) >= 11 is 0. The Kier molecular flexibility index (Phi) is 4.83. The predicted octanol–water partition coefficient (Wildman–Crippen LogP) is 4.17. The molecule has 0 aliphatic rings. The monoisotopic (exact) mass is 206 g/mol. The molecular formula is C14H22O. The topological polar surface area (TPSA) is 9.23 Å². The molecule has 1 atom stereocenters. The molecule has 1 nitrogen and oxygen atoms in total. The Morgan fingerprint density at radius 3 is 2.33 bits per heavy atom. The number of benzene rings is 1. The van der Waals surface area contributed by atoms with E-state index < -0.39 is 0 Å². The summed E-state index contributed by atoms with van der Waals surface area (Å²) in [5.74, 6) is 0. The highest BCUT2D eigenvalue weighted by atomic mass is 16.5. The first-order valence-electron chi connectivity index (χ1n) is 5.88. The second-order valence-electron chi connectivity index (χ2n) is 4.33. The van der Waals surface area contributed by atoms with Gasteiger partial charge in [-0.2, -0.15) is 0 Å². The van der Waals surface area contributed by atoms with E-state index in [4.69, 9.17) is 4.74 Å². The van der Waals surface area contributed by atoms with Crippen LogP contribution >= 0.6 is 0 Å². The highest BCUT2D eigenvalue weighted by Gasteiger charge is 2.21. The summed E-state index contributed by atoms with van der Waals surface area (Å²) in [4.78, 5) is 0. The maximum atomic E-state index is 6.01. The first-order chi connectivity index (χ1) is 7.20. The maximum absolute atomic E-state index is 6.01. The Hall–Kier alpha value is -0.820. The Labute approximate surface area is 93.5 Å². The van der Waals surface area contributed by atoms with E-state index in [9.17, 15) is 0 Å². The van der Waals surface area contributed by atoms with E-state index in [1.165, 1.54) is 12.0 Å². The molecule has 0 bridgehead atoms. The lowest BCUT2D eigenvalue weighted by molar-refractivity contribution is -0.0519. The minimum absolute atomic E-state index is 0.0462. The summed E-state index contributed by atoms with van der Waals surface area (Å²) in [6, 6.07) is 10.4. The average molecular weight is 206 g/mol. The summed E-state index contributed by atoms with van der Waals surface area (Å²) in [5.41, 5.74) is 1.30. The van der Waals surface area contributed by atoms with Gasteiger partial charge in [0, 0.05) is 0 Å². The van der Waals surface area contributed by atoms with E-state index in [2.05, 4.69) is 45.0 Å². The van der Waals surface area contributed by atoms with Crippen molar-refractivity contribution in [3.8, 4) is 0 Å². The Balaban J connectivity index is 2.47. The summed E-state index contributed by atoms with van der Waals surface area (Å²) < 4.78 is 6.01. The van der Waals surface area contributed by atoms with Crippen LogP contribution in [0.4, 0.5) is 0 Å². The molecule has 1 aromatic rings. The van der Waals surface area contributed by atoms with E-state index in [1.54, 1.807) is 0 Å².